The molecule has 2 aliphatic heterocycles. The van der Waals surface area contributed by atoms with Gasteiger partial charge in [-0.05, 0) is 74.4 Å². The van der Waals surface area contributed by atoms with Gasteiger partial charge in [0, 0.05) is 32.2 Å². The first-order valence-electron chi connectivity index (χ1n) is 12.1. The Morgan fingerprint density at radius 1 is 1.03 bits per heavy atom. The van der Waals surface area contributed by atoms with E-state index in [1.165, 1.54) is 0 Å². The SMILES string of the molecule is CC(=O)N1Cc2ccc(NCC3CCN(C(=O)OC(C)(C)C)CC3)cc2C=Cc2ccccc21. The smallest absolute Gasteiger partial charge is 0.410 e. The summed E-state index contributed by atoms with van der Waals surface area (Å²) >= 11 is 0. The second-order valence-electron chi connectivity index (χ2n) is 10.2. The first-order valence-corrected chi connectivity index (χ1v) is 12.1. The number of nitrogens with zero attached hydrogens (tertiary/aromatic N) is 2. The van der Waals surface area contributed by atoms with Crippen LogP contribution in [0.15, 0.2) is 42.5 Å². The molecule has 34 heavy (non-hydrogen) atoms. The number of carbonyl (C=O) groups is 2. The highest BCUT2D eigenvalue weighted by Gasteiger charge is 2.27. The fourth-order valence-electron chi connectivity index (χ4n) is 4.50. The molecule has 0 aromatic heterocycles. The van der Waals surface area contributed by atoms with Gasteiger partial charge < -0.3 is 19.9 Å². The largest absolute Gasteiger partial charge is 0.444 e. The summed E-state index contributed by atoms with van der Waals surface area (Å²) in [6, 6.07) is 14.4. The van der Waals surface area contributed by atoms with Crippen LogP contribution in [0, 0.1) is 5.92 Å². The number of nitrogens with one attached hydrogen (secondary N) is 1. The third-order valence-electron chi connectivity index (χ3n) is 6.39. The van der Waals surface area contributed by atoms with E-state index in [9.17, 15) is 9.59 Å². The topological polar surface area (TPSA) is 61.9 Å². The molecule has 0 atom stereocenters. The van der Waals surface area contributed by atoms with E-state index in [1.807, 2.05) is 54.8 Å². The fraction of sp³-hybridized carbons (Fsp3) is 0.429. The van der Waals surface area contributed by atoms with Crippen molar-refractivity contribution in [3.8, 4) is 0 Å². The summed E-state index contributed by atoms with van der Waals surface area (Å²) < 4.78 is 5.50. The molecule has 0 radical (unpaired) electrons. The third kappa shape index (κ3) is 5.79. The van der Waals surface area contributed by atoms with E-state index in [0.717, 1.165) is 60.5 Å². The fourth-order valence-corrected chi connectivity index (χ4v) is 4.50. The summed E-state index contributed by atoms with van der Waals surface area (Å²) in [5.74, 6) is 0.546. The van der Waals surface area contributed by atoms with E-state index < -0.39 is 5.60 Å². The number of carbonyl (C=O) groups excluding carboxylic acids is 2. The number of ether oxygens (including phenoxy) is 1. The van der Waals surface area contributed by atoms with Crippen LogP contribution in [0.25, 0.3) is 12.2 Å². The molecular formula is C28H35N3O3. The molecule has 1 fully saturated rings. The number of amides is 2. The summed E-state index contributed by atoms with van der Waals surface area (Å²) in [6.45, 7) is 10.2. The Bertz CT molecular complexity index is 1080. The van der Waals surface area contributed by atoms with Crippen LogP contribution in [-0.2, 0) is 16.1 Å². The van der Waals surface area contributed by atoms with E-state index in [2.05, 4.69) is 35.7 Å². The minimum Gasteiger partial charge on any atom is -0.444 e. The molecule has 2 aromatic rings. The number of anilines is 2. The molecule has 4 rings (SSSR count). The van der Waals surface area contributed by atoms with Gasteiger partial charge in [0.1, 0.15) is 5.60 Å². The summed E-state index contributed by atoms with van der Waals surface area (Å²) in [5, 5.41) is 3.59. The zero-order valence-electron chi connectivity index (χ0n) is 20.6. The summed E-state index contributed by atoms with van der Waals surface area (Å²) in [5.41, 5.74) is 4.83. The van der Waals surface area contributed by atoms with Crippen LogP contribution in [0.5, 0.6) is 0 Å². The van der Waals surface area contributed by atoms with Crippen molar-refractivity contribution in [3.63, 3.8) is 0 Å². The van der Waals surface area contributed by atoms with Crippen LogP contribution in [-0.4, -0.2) is 42.1 Å². The van der Waals surface area contributed by atoms with Crippen LogP contribution in [0.3, 0.4) is 0 Å². The van der Waals surface area contributed by atoms with Crippen LogP contribution in [0.2, 0.25) is 0 Å². The lowest BCUT2D eigenvalue weighted by atomic mass is 9.96. The molecule has 6 nitrogen and oxygen atoms in total. The molecule has 0 bridgehead atoms. The highest BCUT2D eigenvalue weighted by atomic mass is 16.6. The second kappa shape index (κ2) is 9.92. The number of rotatable bonds is 3. The van der Waals surface area contributed by atoms with Crippen LogP contribution in [0.4, 0.5) is 16.2 Å². The molecule has 0 aliphatic carbocycles. The normalized spacial score (nSPS) is 16.2. The number of hydrogen-bond acceptors (Lipinski definition) is 4. The van der Waals surface area contributed by atoms with Crippen molar-refractivity contribution in [2.24, 2.45) is 5.92 Å². The number of hydrogen-bond donors (Lipinski definition) is 1. The van der Waals surface area contributed by atoms with E-state index in [4.69, 9.17) is 4.74 Å². The maximum Gasteiger partial charge on any atom is 0.410 e. The molecule has 0 unspecified atom stereocenters. The Hall–Kier alpha value is -3.28. The molecule has 0 saturated carbocycles. The molecule has 2 heterocycles. The highest BCUT2D eigenvalue weighted by Crippen LogP contribution is 2.30. The van der Waals surface area contributed by atoms with Crippen LogP contribution >= 0.6 is 0 Å². The van der Waals surface area contributed by atoms with Crippen molar-refractivity contribution in [2.45, 2.75) is 52.7 Å². The lowest BCUT2D eigenvalue weighted by Gasteiger charge is -2.33. The minimum absolute atomic E-state index is 0.0358. The Balaban J connectivity index is 1.39. The minimum atomic E-state index is -0.461. The molecular weight excluding hydrogens is 426 g/mol. The van der Waals surface area contributed by atoms with Crippen molar-refractivity contribution in [2.75, 3.05) is 29.9 Å². The second-order valence-corrected chi connectivity index (χ2v) is 10.2. The Labute approximate surface area is 202 Å². The maximum absolute atomic E-state index is 12.4. The Morgan fingerprint density at radius 2 is 1.74 bits per heavy atom. The molecule has 180 valence electrons. The lowest BCUT2D eigenvalue weighted by molar-refractivity contribution is -0.116. The molecule has 0 spiro atoms. The number of piperidine rings is 1. The van der Waals surface area contributed by atoms with Gasteiger partial charge in [0.25, 0.3) is 0 Å². The van der Waals surface area contributed by atoms with E-state index in [0.29, 0.717) is 12.5 Å². The number of fused-ring (bicyclic) bond motifs is 2. The van der Waals surface area contributed by atoms with Gasteiger partial charge in [-0.1, -0.05) is 36.4 Å². The van der Waals surface area contributed by atoms with Gasteiger partial charge in [0.2, 0.25) is 5.91 Å². The number of likely N-dealkylation sites (tertiary alicyclic amines) is 1. The van der Waals surface area contributed by atoms with Crippen molar-refractivity contribution in [1.82, 2.24) is 4.90 Å². The predicted octanol–water partition coefficient (Wildman–Crippen LogP) is 5.78. The Kier molecular flexibility index (Phi) is 6.96. The molecule has 2 aliphatic rings. The first-order chi connectivity index (χ1) is 16.2. The van der Waals surface area contributed by atoms with E-state index >= 15 is 0 Å². The Morgan fingerprint density at radius 3 is 2.44 bits per heavy atom. The van der Waals surface area contributed by atoms with Gasteiger partial charge in [-0.3, -0.25) is 4.79 Å². The molecule has 1 N–H and O–H groups in total. The zero-order valence-corrected chi connectivity index (χ0v) is 20.6. The summed E-state index contributed by atoms with van der Waals surface area (Å²) in [7, 11) is 0. The van der Waals surface area contributed by atoms with Gasteiger partial charge in [-0.2, -0.15) is 0 Å². The van der Waals surface area contributed by atoms with Gasteiger partial charge >= 0.3 is 6.09 Å². The van der Waals surface area contributed by atoms with Crippen molar-refractivity contribution < 1.29 is 14.3 Å². The van der Waals surface area contributed by atoms with Gasteiger partial charge in [0.15, 0.2) is 0 Å². The zero-order chi connectivity index (χ0) is 24.3. The highest BCUT2D eigenvalue weighted by molar-refractivity contribution is 5.95. The van der Waals surface area contributed by atoms with Crippen LogP contribution < -0.4 is 10.2 Å². The molecule has 6 heteroatoms. The van der Waals surface area contributed by atoms with Crippen molar-refractivity contribution >= 4 is 35.5 Å². The van der Waals surface area contributed by atoms with Crippen LogP contribution in [0.1, 0.15) is 57.2 Å². The third-order valence-corrected chi connectivity index (χ3v) is 6.39. The molecule has 2 aromatic carbocycles. The molecule has 2 amide bonds. The predicted molar refractivity (Wildman–Crippen MR) is 138 cm³/mol. The van der Waals surface area contributed by atoms with E-state index in [-0.39, 0.29) is 12.0 Å². The molecule has 1 saturated heterocycles. The van der Waals surface area contributed by atoms with E-state index in [1.54, 1.807) is 6.92 Å². The first kappa shape index (κ1) is 23.9. The van der Waals surface area contributed by atoms with Gasteiger partial charge in [-0.15, -0.1) is 0 Å². The quantitative estimate of drug-likeness (QED) is 0.629. The standard InChI is InChI=1S/C28H35N3O3/c1-20(32)31-19-24-11-12-25(17-23(24)10-9-22-7-5-6-8-26(22)31)29-18-21-13-15-30(16-14-21)27(33)34-28(2,3)4/h5-12,17,21,29H,13-16,18-19H2,1-4H3. The number of benzene rings is 2. The summed E-state index contributed by atoms with van der Waals surface area (Å²) in [4.78, 5) is 28.3. The summed E-state index contributed by atoms with van der Waals surface area (Å²) in [6.07, 6.45) is 5.92. The lowest BCUT2D eigenvalue weighted by Crippen LogP contribution is -2.42. The van der Waals surface area contributed by atoms with Gasteiger partial charge in [0.05, 0.1) is 12.2 Å². The van der Waals surface area contributed by atoms with Crippen molar-refractivity contribution in [3.05, 3.63) is 59.2 Å². The monoisotopic (exact) mass is 461 g/mol. The number of para-hydroxylation sites is 1. The van der Waals surface area contributed by atoms with Gasteiger partial charge in [-0.25, -0.2) is 4.79 Å². The average Bonchev–Trinajstić information content (AvgIpc) is 2.78. The average molecular weight is 462 g/mol. The maximum atomic E-state index is 12.4. The van der Waals surface area contributed by atoms with Crippen molar-refractivity contribution in [1.29, 1.82) is 0 Å².